The molecule has 2 aliphatic heterocycles. The lowest BCUT2D eigenvalue weighted by Crippen LogP contribution is -2.58. The van der Waals surface area contributed by atoms with Crippen molar-refractivity contribution in [3.63, 3.8) is 0 Å². The fourth-order valence-corrected chi connectivity index (χ4v) is 9.50. The van der Waals surface area contributed by atoms with Gasteiger partial charge in [0, 0.05) is 19.6 Å². The standard InChI is InChI=1S/C42H27BS2/c1-4-13-28(14-5-1)32-26-39-42-40(27-32)45-38-25-31(23-24-36(38)43(42)35-21-10-11-22-37(35)44-39)41-33(29-15-6-2-7-16-29)19-12-20-34(41)30-17-8-3-9-18-30/h1-27H. The first kappa shape index (κ1) is 26.7. The maximum Gasteiger partial charge on any atom is 0.247 e. The molecular formula is C42H27BS2. The van der Waals surface area contributed by atoms with Crippen LogP contribution in [0, 0.1) is 0 Å². The van der Waals surface area contributed by atoms with E-state index in [0.29, 0.717) is 0 Å². The molecule has 3 heteroatoms. The third-order valence-electron chi connectivity index (χ3n) is 9.02. The molecule has 7 aromatic carbocycles. The van der Waals surface area contributed by atoms with Crippen molar-refractivity contribution in [1.29, 1.82) is 0 Å². The number of fused-ring (bicyclic) bond motifs is 4. The zero-order chi connectivity index (χ0) is 29.7. The number of hydrogen-bond acceptors (Lipinski definition) is 2. The van der Waals surface area contributed by atoms with Crippen LogP contribution in [0.15, 0.2) is 183 Å². The molecule has 2 aliphatic rings. The van der Waals surface area contributed by atoms with Gasteiger partial charge >= 0.3 is 0 Å². The van der Waals surface area contributed by atoms with Gasteiger partial charge in [-0.1, -0.05) is 174 Å². The summed E-state index contributed by atoms with van der Waals surface area (Å²) in [6.07, 6.45) is 0. The van der Waals surface area contributed by atoms with Gasteiger partial charge in [0.2, 0.25) is 6.71 Å². The normalized spacial score (nSPS) is 12.7. The lowest BCUT2D eigenvalue weighted by molar-refractivity contribution is 1.33. The third kappa shape index (κ3) is 4.58. The molecule has 210 valence electrons. The SMILES string of the molecule is c1ccc(-c2cc3c4c(c2)Sc2cc(-c5c(-c6ccccc6)cccc5-c5ccccc5)ccc2B4c2ccccc2S3)cc1. The van der Waals surface area contributed by atoms with Crippen LogP contribution in [0.1, 0.15) is 0 Å². The van der Waals surface area contributed by atoms with E-state index in [0.717, 1.165) is 0 Å². The Morgan fingerprint density at radius 3 is 1.49 bits per heavy atom. The molecule has 0 atom stereocenters. The predicted molar refractivity (Wildman–Crippen MR) is 194 cm³/mol. The van der Waals surface area contributed by atoms with Crippen LogP contribution >= 0.6 is 23.5 Å². The van der Waals surface area contributed by atoms with E-state index in [1.165, 1.54) is 80.5 Å². The summed E-state index contributed by atoms with van der Waals surface area (Å²) in [5, 5.41) is 0. The van der Waals surface area contributed by atoms with Crippen LogP contribution in [0.2, 0.25) is 0 Å². The minimum absolute atomic E-state index is 0.223. The molecule has 0 aromatic heterocycles. The van der Waals surface area contributed by atoms with Gasteiger partial charge in [0.1, 0.15) is 0 Å². The van der Waals surface area contributed by atoms with Gasteiger partial charge in [-0.05, 0) is 74.2 Å². The summed E-state index contributed by atoms with van der Waals surface area (Å²) < 4.78 is 0. The van der Waals surface area contributed by atoms with Gasteiger partial charge in [0.05, 0.1) is 0 Å². The first-order chi connectivity index (χ1) is 22.3. The van der Waals surface area contributed by atoms with Crippen molar-refractivity contribution >= 4 is 46.6 Å². The summed E-state index contributed by atoms with van der Waals surface area (Å²) >= 11 is 3.85. The molecule has 0 fully saturated rings. The maximum atomic E-state index is 2.45. The summed E-state index contributed by atoms with van der Waals surface area (Å²) in [5.74, 6) is 0. The van der Waals surface area contributed by atoms with Crippen LogP contribution in [0.4, 0.5) is 0 Å². The minimum atomic E-state index is 0.223. The topological polar surface area (TPSA) is 0 Å². The monoisotopic (exact) mass is 606 g/mol. The van der Waals surface area contributed by atoms with Crippen molar-refractivity contribution in [2.24, 2.45) is 0 Å². The van der Waals surface area contributed by atoms with Gasteiger partial charge in [-0.15, -0.1) is 0 Å². The Bertz CT molecular complexity index is 2150. The molecule has 0 spiro atoms. The highest BCUT2D eigenvalue weighted by molar-refractivity contribution is 8.01. The molecule has 0 amide bonds. The summed E-state index contributed by atoms with van der Waals surface area (Å²) in [6.45, 7) is 0.223. The molecule has 45 heavy (non-hydrogen) atoms. The van der Waals surface area contributed by atoms with Crippen molar-refractivity contribution in [2.45, 2.75) is 19.6 Å². The molecule has 0 saturated heterocycles. The van der Waals surface area contributed by atoms with E-state index < -0.39 is 0 Å². The van der Waals surface area contributed by atoms with Gasteiger partial charge in [-0.25, -0.2) is 0 Å². The highest BCUT2D eigenvalue weighted by Gasteiger charge is 2.38. The van der Waals surface area contributed by atoms with Crippen LogP contribution in [-0.2, 0) is 0 Å². The summed E-state index contributed by atoms with van der Waals surface area (Å²) in [5.41, 5.74) is 14.3. The van der Waals surface area contributed by atoms with Crippen molar-refractivity contribution in [1.82, 2.24) is 0 Å². The van der Waals surface area contributed by atoms with Crippen molar-refractivity contribution in [3.05, 3.63) is 164 Å². The Hall–Kier alpha value is -4.70. The van der Waals surface area contributed by atoms with E-state index in [1.54, 1.807) is 0 Å². The second-order valence-electron chi connectivity index (χ2n) is 11.6. The number of benzene rings is 7. The van der Waals surface area contributed by atoms with E-state index in [2.05, 4.69) is 164 Å². The molecule has 2 heterocycles. The van der Waals surface area contributed by atoms with Gasteiger partial charge < -0.3 is 0 Å². The first-order valence-corrected chi connectivity index (χ1v) is 17.0. The average Bonchev–Trinajstić information content (AvgIpc) is 3.12. The van der Waals surface area contributed by atoms with Crippen LogP contribution in [0.5, 0.6) is 0 Å². The van der Waals surface area contributed by atoms with Crippen molar-refractivity contribution in [2.75, 3.05) is 0 Å². The van der Waals surface area contributed by atoms with Gasteiger partial charge in [-0.3, -0.25) is 0 Å². The molecule has 0 radical (unpaired) electrons. The highest BCUT2D eigenvalue weighted by atomic mass is 32.2. The zero-order valence-corrected chi connectivity index (χ0v) is 26.1. The molecule has 0 nitrogen and oxygen atoms in total. The summed E-state index contributed by atoms with van der Waals surface area (Å²) in [4.78, 5) is 5.43. The van der Waals surface area contributed by atoms with E-state index in [4.69, 9.17) is 0 Å². The smallest absolute Gasteiger partial charge is 0.0911 e. The Morgan fingerprint density at radius 1 is 0.333 bits per heavy atom. The van der Waals surface area contributed by atoms with Crippen LogP contribution < -0.4 is 16.4 Å². The Morgan fingerprint density at radius 2 is 0.844 bits per heavy atom. The third-order valence-corrected chi connectivity index (χ3v) is 11.3. The largest absolute Gasteiger partial charge is 0.247 e. The van der Waals surface area contributed by atoms with E-state index in [-0.39, 0.29) is 6.71 Å². The second kappa shape index (κ2) is 11.0. The van der Waals surface area contributed by atoms with Crippen LogP contribution in [0.3, 0.4) is 0 Å². The molecule has 0 saturated carbocycles. The molecule has 0 unspecified atom stereocenters. The molecular weight excluding hydrogens is 579 g/mol. The van der Waals surface area contributed by atoms with Crippen molar-refractivity contribution < 1.29 is 0 Å². The van der Waals surface area contributed by atoms with Gasteiger partial charge in [-0.2, -0.15) is 0 Å². The van der Waals surface area contributed by atoms with E-state index >= 15 is 0 Å². The fourth-order valence-electron chi connectivity index (χ4n) is 6.98. The Labute approximate surface area is 273 Å². The maximum absolute atomic E-state index is 2.45. The van der Waals surface area contributed by atoms with Gasteiger partial charge in [0.15, 0.2) is 0 Å². The molecule has 9 rings (SSSR count). The Balaban J connectivity index is 1.27. The molecule has 0 N–H and O–H groups in total. The number of rotatable bonds is 4. The average molecular weight is 607 g/mol. The molecule has 7 aromatic rings. The lowest BCUT2D eigenvalue weighted by Gasteiger charge is -2.33. The summed E-state index contributed by atoms with van der Waals surface area (Å²) in [7, 11) is 0. The number of hydrogen-bond donors (Lipinski definition) is 0. The van der Waals surface area contributed by atoms with Crippen molar-refractivity contribution in [3.8, 4) is 44.5 Å². The zero-order valence-electron chi connectivity index (χ0n) is 24.5. The molecule has 0 aliphatic carbocycles. The van der Waals surface area contributed by atoms with Crippen LogP contribution in [-0.4, -0.2) is 6.71 Å². The molecule has 0 bridgehead atoms. The predicted octanol–water partition coefficient (Wildman–Crippen LogP) is 9.80. The fraction of sp³-hybridized carbons (Fsp3) is 0. The van der Waals surface area contributed by atoms with Gasteiger partial charge in [0.25, 0.3) is 0 Å². The second-order valence-corrected chi connectivity index (χ2v) is 13.8. The summed E-state index contributed by atoms with van der Waals surface area (Å²) in [6, 6.07) is 60.2. The first-order valence-electron chi connectivity index (χ1n) is 15.4. The Kier molecular flexibility index (Phi) is 6.54. The van der Waals surface area contributed by atoms with Crippen LogP contribution in [0.25, 0.3) is 44.5 Å². The highest BCUT2D eigenvalue weighted by Crippen LogP contribution is 2.44. The minimum Gasteiger partial charge on any atom is -0.0911 e. The van der Waals surface area contributed by atoms with E-state index in [1.807, 2.05) is 23.5 Å². The van der Waals surface area contributed by atoms with E-state index in [9.17, 15) is 0 Å². The lowest BCUT2D eigenvalue weighted by atomic mass is 9.36. The quantitative estimate of drug-likeness (QED) is 0.183.